The van der Waals surface area contributed by atoms with Gasteiger partial charge in [-0.1, -0.05) is 257 Å². The highest BCUT2D eigenvalue weighted by Gasteiger charge is 2.50. The van der Waals surface area contributed by atoms with Crippen LogP contribution < -0.4 is 0 Å². The van der Waals surface area contributed by atoms with Gasteiger partial charge in [0.25, 0.3) is 0 Å². The second-order valence-corrected chi connectivity index (χ2v) is 22.4. The monoisotopic (exact) mass is 1090 g/mol. The molecular formula is C65H118O12. The molecule has 3 N–H and O–H groups in total. The number of aliphatic carboxylic acids is 1. The summed E-state index contributed by atoms with van der Waals surface area (Å²) in [5.74, 6) is -3.10. The quantitative estimate of drug-likeness (QED) is 0.0228. The fourth-order valence-corrected chi connectivity index (χ4v) is 9.99. The molecule has 1 aliphatic heterocycles. The van der Waals surface area contributed by atoms with E-state index in [4.69, 9.17) is 23.7 Å². The van der Waals surface area contributed by atoms with E-state index in [1.54, 1.807) is 0 Å². The number of aliphatic hydroxyl groups is 2. The summed E-state index contributed by atoms with van der Waals surface area (Å²) in [5.41, 5.74) is 0. The van der Waals surface area contributed by atoms with E-state index in [-0.39, 0.29) is 25.9 Å². The molecular weight excluding hydrogens is 973 g/mol. The number of ether oxygens (including phenoxy) is 5. The van der Waals surface area contributed by atoms with Crippen molar-refractivity contribution in [3.63, 3.8) is 0 Å². The number of hydrogen-bond acceptors (Lipinski definition) is 11. The number of carboxylic acid groups (broad SMARTS) is 1. The molecule has 1 saturated heterocycles. The molecule has 6 atom stereocenters. The van der Waals surface area contributed by atoms with E-state index in [1.165, 1.54) is 167 Å². The van der Waals surface area contributed by atoms with Crippen molar-refractivity contribution < 1.29 is 58.2 Å². The van der Waals surface area contributed by atoms with Crippen LogP contribution in [-0.4, -0.2) is 89.2 Å². The lowest BCUT2D eigenvalue weighted by molar-refractivity contribution is -0.301. The number of hydrogen-bond donors (Lipinski definition) is 3. The molecule has 1 heterocycles. The van der Waals surface area contributed by atoms with Crippen LogP contribution in [-0.2, 0) is 42.9 Å². The average molecular weight is 1090 g/mol. The van der Waals surface area contributed by atoms with Gasteiger partial charge in [-0.3, -0.25) is 14.4 Å². The Kier molecular flexibility index (Phi) is 50.5. The fraction of sp³-hybridized carbons (Fsp3) is 0.877. The van der Waals surface area contributed by atoms with Crippen LogP contribution in [0.4, 0.5) is 0 Å². The summed E-state index contributed by atoms with van der Waals surface area (Å²) >= 11 is 0. The molecule has 0 aromatic rings. The highest BCUT2D eigenvalue weighted by atomic mass is 16.7. The fourth-order valence-electron chi connectivity index (χ4n) is 9.99. The van der Waals surface area contributed by atoms with Crippen molar-refractivity contribution in [2.75, 3.05) is 13.2 Å². The first-order valence-electron chi connectivity index (χ1n) is 32.3. The molecule has 0 radical (unpaired) electrons. The van der Waals surface area contributed by atoms with Crippen LogP contribution in [0.25, 0.3) is 0 Å². The number of carbonyl (C=O) groups is 4. The van der Waals surface area contributed by atoms with E-state index in [2.05, 4.69) is 45.1 Å². The van der Waals surface area contributed by atoms with E-state index >= 15 is 0 Å². The SMILES string of the molecule is CCCC/C=C\CCCCCCCC(=O)OC1C(OCC(COC(=O)CCCCCCCCCCCCCCCCCCCCC)OC(=O)CCCCCCCCC/C=C\CCCCCCCC)OC(C(=O)O)C(O)C1O. The standard InChI is InChI=1S/C65H118O12/c1-4-7-10-13-16-19-22-24-26-28-29-31-32-34-37-39-42-45-48-51-57(66)73-54-56(75-58(67)52-49-46-43-41-38-35-33-30-27-25-23-20-17-14-11-8-5-2)55-74-65-63(61(70)60(69)62(77-65)64(71)72)76-59(68)53-50-47-44-40-36-21-18-15-12-9-6-3/h15,18,25,27,56,60-63,65,69-70H,4-14,16-17,19-24,26,28-55H2,1-3H3,(H,71,72)/b18-15-,27-25-. The Morgan fingerprint density at radius 3 is 1.14 bits per heavy atom. The van der Waals surface area contributed by atoms with Crippen LogP contribution in [0.2, 0.25) is 0 Å². The number of aliphatic hydroxyl groups excluding tert-OH is 2. The van der Waals surface area contributed by atoms with Crippen LogP contribution in [0, 0.1) is 0 Å². The van der Waals surface area contributed by atoms with E-state index in [1.807, 2.05) is 0 Å². The molecule has 6 unspecified atom stereocenters. The van der Waals surface area contributed by atoms with Gasteiger partial charge in [0.1, 0.15) is 18.8 Å². The summed E-state index contributed by atoms with van der Waals surface area (Å²) in [4.78, 5) is 51.2. The molecule has 12 heteroatoms. The van der Waals surface area contributed by atoms with Gasteiger partial charge in [-0.25, -0.2) is 4.79 Å². The van der Waals surface area contributed by atoms with Crippen molar-refractivity contribution in [3.05, 3.63) is 24.3 Å². The van der Waals surface area contributed by atoms with Crippen LogP contribution >= 0.6 is 0 Å². The van der Waals surface area contributed by atoms with Crippen LogP contribution in [0.5, 0.6) is 0 Å². The first kappa shape index (κ1) is 72.2. The minimum atomic E-state index is -1.90. The predicted octanol–water partition coefficient (Wildman–Crippen LogP) is 17.0. The van der Waals surface area contributed by atoms with Crippen molar-refractivity contribution in [1.29, 1.82) is 0 Å². The minimum absolute atomic E-state index is 0.0536. The van der Waals surface area contributed by atoms with Gasteiger partial charge in [0, 0.05) is 19.3 Å². The Morgan fingerprint density at radius 1 is 0.416 bits per heavy atom. The highest BCUT2D eigenvalue weighted by Crippen LogP contribution is 2.27. The number of rotatable bonds is 56. The lowest BCUT2D eigenvalue weighted by Gasteiger charge is -2.40. The summed E-state index contributed by atoms with van der Waals surface area (Å²) in [6.45, 7) is 5.99. The third-order valence-electron chi connectivity index (χ3n) is 15.0. The molecule has 0 saturated carbocycles. The third-order valence-corrected chi connectivity index (χ3v) is 15.0. The first-order chi connectivity index (χ1) is 37.6. The molecule has 1 aliphatic rings. The topological polar surface area (TPSA) is 175 Å². The number of unbranched alkanes of at least 4 members (excludes halogenated alkanes) is 38. The van der Waals surface area contributed by atoms with Crippen LogP contribution in [0.15, 0.2) is 24.3 Å². The Labute approximate surface area is 470 Å². The van der Waals surface area contributed by atoms with Crippen LogP contribution in [0.1, 0.15) is 316 Å². The minimum Gasteiger partial charge on any atom is -0.479 e. The van der Waals surface area contributed by atoms with Gasteiger partial charge in [-0.05, 0) is 64.2 Å². The zero-order chi connectivity index (χ0) is 56.1. The first-order valence-corrected chi connectivity index (χ1v) is 32.3. The van der Waals surface area contributed by atoms with Crippen molar-refractivity contribution in [2.45, 2.75) is 353 Å². The summed E-state index contributed by atoms with van der Waals surface area (Å²) < 4.78 is 28.5. The van der Waals surface area contributed by atoms with Crippen LogP contribution in [0.3, 0.4) is 0 Å². The molecule has 0 aromatic heterocycles. The normalized spacial score (nSPS) is 18.1. The van der Waals surface area contributed by atoms with E-state index in [0.717, 1.165) is 89.9 Å². The van der Waals surface area contributed by atoms with E-state index in [0.29, 0.717) is 19.3 Å². The molecule has 450 valence electrons. The average Bonchev–Trinajstić information content (AvgIpc) is 3.42. The van der Waals surface area contributed by atoms with Gasteiger partial charge in [0.15, 0.2) is 24.6 Å². The Bertz CT molecular complexity index is 1430. The lowest BCUT2D eigenvalue weighted by atomic mass is 9.98. The summed E-state index contributed by atoms with van der Waals surface area (Å²) in [5, 5.41) is 31.5. The van der Waals surface area contributed by atoms with Gasteiger partial charge in [0.2, 0.25) is 0 Å². The predicted molar refractivity (Wildman–Crippen MR) is 313 cm³/mol. The molecule has 0 aromatic carbocycles. The van der Waals surface area contributed by atoms with Crippen molar-refractivity contribution in [2.24, 2.45) is 0 Å². The molecule has 0 bridgehead atoms. The Balaban J connectivity index is 2.63. The van der Waals surface area contributed by atoms with Crippen molar-refractivity contribution >= 4 is 23.9 Å². The highest BCUT2D eigenvalue weighted by molar-refractivity contribution is 5.74. The molecule has 0 spiro atoms. The van der Waals surface area contributed by atoms with Gasteiger partial charge >= 0.3 is 23.9 Å². The molecule has 77 heavy (non-hydrogen) atoms. The van der Waals surface area contributed by atoms with Gasteiger partial charge < -0.3 is 39.0 Å². The largest absolute Gasteiger partial charge is 0.479 e. The lowest BCUT2D eigenvalue weighted by Crippen LogP contribution is -2.61. The third kappa shape index (κ3) is 43.7. The van der Waals surface area contributed by atoms with Gasteiger partial charge in [0.05, 0.1) is 6.61 Å². The zero-order valence-corrected chi connectivity index (χ0v) is 49.7. The molecule has 1 fully saturated rings. The van der Waals surface area contributed by atoms with E-state index < -0.39 is 67.3 Å². The maximum Gasteiger partial charge on any atom is 0.335 e. The zero-order valence-electron chi connectivity index (χ0n) is 49.7. The number of carboxylic acids is 1. The smallest absolute Gasteiger partial charge is 0.335 e. The summed E-state index contributed by atoms with van der Waals surface area (Å²) in [6, 6.07) is 0. The van der Waals surface area contributed by atoms with Crippen molar-refractivity contribution in [1.82, 2.24) is 0 Å². The number of allylic oxidation sites excluding steroid dienone is 4. The summed E-state index contributed by atoms with van der Waals surface area (Å²) in [7, 11) is 0. The maximum absolute atomic E-state index is 13.2. The Morgan fingerprint density at radius 2 is 0.753 bits per heavy atom. The Hall–Kier alpha value is -2.80. The second kappa shape index (κ2) is 53.8. The molecule has 1 rings (SSSR count). The molecule has 0 aliphatic carbocycles. The number of carbonyl (C=O) groups excluding carboxylic acids is 3. The number of esters is 3. The van der Waals surface area contributed by atoms with Gasteiger partial charge in [-0.15, -0.1) is 0 Å². The maximum atomic E-state index is 13.2. The second-order valence-electron chi connectivity index (χ2n) is 22.4. The molecule has 0 amide bonds. The van der Waals surface area contributed by atoms with Crippen molar-refractivity contribution in [3.8, 4) is 0 Å². The van der Waals surface area contributed by atoms with E-state index in [9.17, 15) is 34.5 Å². The molecule has 12 nitrogen and oxygen atoms in total. The summed E-state index contributed by atoms with van der Waals surface area (Å²) in [6.07, 6.45) is 50.1. The van der Waals surface area contributed by atoms with Gasteiger partial charge in [-0.2, -0.15) is 0 Å².